The van der Waals surface area contributed by atoms with E-state index in [0.717, 1.165) is 36.7 Å². The van der Waals surface area contributed by atoms with E-state index in [9.17, 15) is 4.39 Å². The van der Waals surface area contributed by atoms with Crippen LogP contribution < -0.4 is 10.2 Å². The third kappa shape index (κ3) is 2.56. The van der Waals surface area contributed by atoms with Gasteiger partial charge in [-0.05, 0) is 62.8 Å². The average Bonchev–Trinajstić information content (AvgIpc) is 3.22. The van der Waals surface area contributed by atoms with Gasteiger partial charge in [-0.2, -0.15) is 0 Å². The predicted octanol–water partition coefficient (Wildman–Crippen LogP) is 3.49. The highest BCUT2D eigenvalue weighted by atomic mass is 19.1. The summed E-state index contributed by atoms with van der Waals surface area (Å²) in [5.41, 5.74) is 2.23. The van der Waals surface area contributed by atoms with E-state index in [4.69, 9.17) is 0 Å². The lowest BCUT2D eigenvalue weighted by Gasteiger charge is -2.48. The lowest BCUT2D eigenvalue weighted by atomic mass is 9.90. The summed E-state index contributed by atoms with van der Waals surface area (Å²) in [6, 6.07) is 5.87. The van der Waals surface area contributed by atoms with E-state index in [-0.39, 0.29) is 11.4 Å². The van der Waals surface area contributed by atoms with Crippen LogP contribution in [0.1, 0.15) is 38.7 Å². The number of nitrogens with zero attached hydrogens (tertiary/aromatic N) is 1. The number of hydrogen-bond acceptors (Lipinski definition) is 2. The van der Waals surface area contributed by atoms with Gasteiger partial charge < -0.3 is 10.2 Å². The Labute approximate surface area is 121 Å². The topological polar surface area (TPSA) is 15.3 Å². The standard InChI is InChI=1S/C17H25FN2/c1-4-15-10-19-17(3,13-5-6-13)11-20(15)16-8-12(2)7-14(18)9-16/h7-9,13,15,19H,4-6,10-11H2,1-3H3. The van der Waals surface area contributed by atoms with Crippen molar-refractivity contribution < 1.29 is 4.39 Å². The summed E-state index contributed by atoms with van der Waals surface area (Å²) < 4.78 is 13.7. The van der Waals surface area contributed by atoms with E-state index in [0.29, 0.717) is 6.04 Å². The molecule has 3 rings (SSSR count). The van der Waals surface area contributed by atoms with Crippen molar-refractivity contribution in [3.05, 3.63) is 29.6 Å². The maximum atomic E-state index is 13.7. The monoisotopic (exact) mass is 276 g/mol. The molecule has 1 aliphatic heterocycles. The van der Waals surface area contributed by atoms with E-state index in [1.54, 1.807) is 12.1 Å². The van der Waals surface area contributed by atoms with E-state index in [1.807, 2.05) is 6.92 Å². The normalized spacial score (nSPS) is 30.6. The van der Waals surface area contributed by atoms with Gasteiger partial charge in [0.15, 0.2) is 0 Å². The number of halogens is 1. The number of benzene rings is 1. The molecular formula is C17H25FN2. The Balaban J connectivity index is 1.90. The largest absolute Gasteiger partial charge is 0.365 e. The third-order valence-electron chi connectivity index (χ3n) is 4.99. The summed E-state index contributed by atoms with van der Waals surface area (Å²) in [5, 5.41) is 3.75. The fraction of sp³-hybridized carbons (Fsp3) is 0.647. The van der Waals surface area contributed by atoms with Crippen LogP contribution in [-0.2, 0) is 0 Å². The Morgan fingerprint density at radius 3 is 2.70 bits per heavy atom. The average molecular weight is 276 g/mol. The first-order valence-electron chi connectivity index (χ1n) is 7.80. The Kier molecular flexibility index (Phi) is 3.49. The summed E-state index contributed by atoms with van der Waals surface area (Å²) in [4.78, 5) is 2.42. The van der Waals surface area contributed by atoms with Gasteiger partial charge in [-0.15, -0.1) is 0 Å². The fourth-order valence-corrected chi connectivity index (χ4v) is 3.54. The second kappa shape index (κ2) is 5.03. The van der Waals surface area contributed by atoms with E-state index < -0.39 is 0 Å². The molecule has 1 aromatic rings. The molecule has 1 saturated heterocycles. The second-order valence-electron chi connectivity index (χ2n) is 6.75. The number of hydrogen-bond donors (Lipinski definition) is 1. The van der Waals surface area contributed by atoms with Gasteiger partial charge in [0.05, 0.1) is 0 Å². The number of rotatable bonds is 3. The Morgan fingerprint density at radius 1 is 1.35 bits per heavy atom. The van der Waals surface area contributed by atoms with Gasteiger partial charge in [-0.1, -0.05) is 6.92 Å². The molecule has 0 spiro atoms. The molecule has 1 saturated carbocycles. The highest BCUT2D eigenvalue weighted by molar-refractivity contribution is 5.51. The summed E-state index contributed by atoms with van der Waals surface area (Å²) in [7, 11) is 0. The smallest absolute Gasteiger partial charge is 0.125 e. The summed E-state index contributed by atoms with van der Waals surface area (Å²) >= 11 is 0. The number of piperazine rings is 1. The van der Waals surface area contributed by atoms with Crippen LogP contribution in [0.2, 0.25) is 0 Å². The van der Waals surface area contributed by atoms with E-state index in [1.165, 1.54) is 12.8 Å². The molecule has 1 N–H and O–H groups in total. The Hall–Kier alpha value is -1.09. The first kappa shape index (κ1) is 13.9. The fourth-order valence-electron chi connectivity index (χ4n) is 3.54. The van der Waals surface area contributed by atoms with Crippen LogP contribution >= 0.6 is 0 Å². The highest BCUT2D eigenvalue weighted by Crippen LogP contribution is 2.42. The molecule has 110 valence electrons. The molecule has 1 aromatic carbocycles. The Bertz CT molecular complexity index is 478. The van der Waals surface area contributed by atoms with Crippen LogP contribution in [0, 0.1) is 18.7 Å². The SMILES string of the molecule is CCC1CNC(C)(C2CC2)CN1c1cc(C)cc(F)c1. The quantitative estimate of drug-likeness (QED) is 0.909. The zero-order valence-corrected chi connectivity index (χ0v) is 12.7. The molecule has 2 nitrogen and oxygen atoms in total. The van der Waals surface area contributed by atoms with Crippen molar-refractivity contribution in [2.75, 3.05) is 18.0 Å². The van der Waals surface area contributed by atoms with Crippen LogP contribution in [0.15, 0.2) is 18.2 Å². The van der Waals surface area contributed by atoms with E-state index in [2.05, 4.69) is 30.1 Å². The van der Waals surface area contributed by atoms with Crippen molar-refractivity contribution in [1.82, 2.24) is 5.32 Å². The van der Waals surface area contributed by atoms with Gasteiger partial charge >= 0.3 is 0 Å². The summed E-state index contributed by atoms with van der Waals surface area (Å²) in [6.07, 6.45) is 3.75. The minimum atomic E-state index is -0.124. The zero-order chi connectivity index (χ0) is 14.3. The lowest BCUT2D eigenvalue weighted by molar-refractivity contribution is 0.252. The number of nitrogens with one attached hydrogen (secondary N) is 1. The van der Waals surface area contributed by atoms with Crippen LogP contribution in [-0.4, -0.2) is 24.7 Å². The maximum Gasteiger partial charge on any atom is 0.125 e. The van der Waals surface area contributed by atoms with Crippen LogP contribution in [0.3, 0.4) is 0 Å². The molecule has 1 heterocycles. The summed E-state index contributed by atoms with van der Waals surface area (Å²) in [5.74, 6) is 0.666. The van der Waals surface area contributed by atoms with Crippen molar-refractivity contribution >= 4 is 5.69 Å². The number of aryl methyl sites for hydroxylation is 1. The van der Waals surface area contributed by atoms with Gasteiger partial charge in [0.2, 0.25) is 0 Å². The minimum Gasteiger partial charge on any atom is -0.365 e. The molecule has 1 aliphatic carbocycles. The molecule has 0 bridgehead atoms. The van der Waals surface area contributed by atoms with Crippen molar-refractivity contribution in [2.45, 2.75) is 51.6 Å². The zero-order valence-electron chi connectivity index (χ0n) is 12.7. The molecule has 0 aromatic heterocycles. The Morgan fingerprint density at radius 2 is 2.10 bits per heavy atom. The van der Waals surface area contributed by atoms with E-state index >= 15 is 0 Å². The van der Waals surface area contributed by atoms with Gasteiger partial charge in [0.25, 0.3) is 0 Å². The van der Waals surface area contributed by atoms with Gasteiger partial charge in [-0.3, -0.25) is 0 Å². The molecule has 3 heteroatoms. The third-order valence-corrected chi connectivity index (χ3v) is 4.99. The van der Waals surface area contributed by atoms with Gasteiger partial charge in [0.1, 0.15) is 5.82 Å². The first-order valence-corrected chi connectivity index (χ1v) is 7.80. The van der Waals surface area contributed by atoms with Crippen molar-refractivity contribution in [2.24, 2.45) is 5.92 Å². The van der Waals surface area contributed by atoms with Gasteiger partial charge in [0, 0.05) is 30.4 Å². The van der Waals surface area contributed by atoms with Crippen LogP contribution in [0.5, 0.6) is 0 Å². The lowest BCUT2D eigenvalue weighted by Crippen LogP contribution is -2.64. The second-order valence-corrected chi connectivity index (χ2v) is 6.75. The van der Waals surface area contributed by atoms with Gasteiger partial charge in [-0.25, -0.2) is 4.39 Å². The maximum absolute atomic E-state index is 13.7. The minimum absolute atomic E-state index is 0.124. The molecule has 0 amide bonds. The van der Waals surface area contributed by atoms with Crippen LogP contribution in [0.25, 0.3) is 0 Å². The molecule has 0 radical (unpaired) electrons. The first-order chi connectivity index (χ1) is 9.51. The predicted molar refractivity (Wildman–Crippen MR) is 81.7 cm³/mol. The highest BCUT2D eigenvalue weighted by Gasteiger charge is 2.45. The molecule has 2 unspecified atom stereocenters. The molecular weight excluding hydrogens is 251 g/mol. The molecule has 2 aliphatic rings. The van der Waals surface area contributed by atoms with Crippen LogP contribution in [0.4, 0.5) is 10.1 Å². The molecule has 2 fully saturated rings. The van der Waals surface area contributed by atoms with Crippen molar-refractivity contribution in [3.8, 4) is 0 Å². The van der Waals surface area contributed by atoms with Crippen molar-refractivity contribution in [3.63, 3.8) is 0 Å². The summed E-state index contributed by atoms with van der Waals surface area (Å²) in [6.45, 7) is 8.49. The molecule has 20 heavy (non-hydrogen) atoms. The van der Waals surface area contributed by atoms with Crippen molar-refractivity contribution in [1.29, 1.82) is 0 Å². The molecule has 2 atom stereocenters. The number of anilines is 1.